The highest BCUT2D eigenvalue weighted by molar-refractivity contribution is 9.10. The maximum Gasteiger partial charge on any atom is 0.255 e. The van der Waals surface area contributed by atoms with E-state index in [9.17, 15) is 9.59 Å². The van der Waals surface area contributed by atoms with E-state index in [2.05, 4.69) is 26.6 Å². The molecule has 1 heterocycles. The number of halogens is 1. The van der Waals surface area contributed by atoms with Gasteiger partial charge in [0.25, 0.3) is 11.8 Å². The maximum atomic E-state index is 12.2. The number of nitrogens with one attached hydrogen (secondary N) is 2. The number of carbonyl (C=O) groups is 2. The van der Waals surface area contributed by atoms with Gasteiger partial charge in [-0.3, -0.25) is 9.59 Å². The van der Waals surface area contributed by atoms with Crippen LogP contribution in [0.25, 0.3) is 0 Å². The van der Waals surface area contributed by atoms with Crippen LogP contribution >= 0.6 is 15.9 Å². The molecule has 0 saturated carbocycles. The standard InChI is InChI=1S/C19H15BrN2O3/c20-15-3-1-4-16(11-15)22-19(24)14-8-6-13(7-9-14)18(23)21-12-17-5-2-10-25-17/h1-11H,12H2,(H,21,23)(H,22,24). The van der Waals surface area contributed by atoms with Crippen molar-refractivity contribution >= 4 is 33.4 Å². The van der Waals surface area contributed by atoms with Gasteiger partial charge in [-0.25, -0.2) is 0 Å². The molecule has 2 amide bonds. The summed E-state index contributed by atoms with van der Waals surface area (Å²) in [4.78, 5) is 24.3. The van der Waals surface area contributed by atoms with Gasteiger partial charge in [0.1, 0.15) is 5.76 Å². The Balaban J connectivity index is 1.61. The summed E-state index contributed by atoms with van der Waals surface area (Å²) < 4.78 is 6.05. The third-order valence-corrected chi connectivity index (χ3v) is 3.99. The third-order valence-electron chi connectivity index (χ3n) is 3.50. The molecule has 0 atom stereocenters. The summed E-state index contributed by atoms with van der Waals surface area (Å²) >= 11 is 3.36. The zero-order valence-corrected chi connectivity index (χ0v) is 14.7. The lowest BCUT2D eigenvalue weighted by Gasteiger charge is -2.07. The molecule has 0 aliphatic carbocycles. The number of anilines is 1. The molecule has 25 heavy (non-hydrogen) atoms. The molecule has 126 valence electrons. The van der Waals surface area contributed by atoms with E-state index in [0.717, 1.165) is 4.47 Å². The second kappa shape index (κ2) is 7.81. The van der Waals surface area contributed by atoms with Crippen molar-refractivity contribution in [1.29, 1.82) is 0 Å². The molecule has 3 aromatic rings. The van der Waals surface area contributed by atoms with Crippen molar-refractivity contribution < 1.29 is 14.0 Å². The highest BCUT2D eigenvalue weighted by Gasteiger charge is 2.10. The predicted molar refractivity (Wildman–Crippen MR) is 98.4 cm³/mol. The Morgan fingerprint density at radius 2 is 1.64 bits per heavy atom. The van der Waals surface area contributed by atoms with Gasteiger partial charge in [0.15, 0.2) is 0 Å². The summed E-state index contributed by atoms with van der Waals surface area (Å²) in [6.45, 7) is 0.316. The Labute approximate surface area is 153 Å². The number of hydrogen-bond acceptors (Lipinski definition) is 3. The molecule has 0 spiro atoms. The minimum absolute atomic E-state index is 0.227. The molecular weight excluding hydrogens is 384 g/mol. The average molecular weight is 399 g/mol. The van der Waals surface area contributed by atoms with Crippen LogP contribution in [0.2, 0.25) is 0 Å². The lowest BCUT2D eigenvalue weighted by molar-refractivity contribution is 0.0946. The highest BCUT2D eigenvalue weighted by atomic mass is 79.9. The molecule has 0 aliphatic rings. The van der Waals surface area contributed by atoms with Gasteiger partial charge in [0.2, 0.25) is 0 Å². The first-order chi connectivity index (χ1) is 12.1. The molecule has 3 rings (SSSR count). The van der Waals surface area contributed by atoms with Gasteiger partial charge in [-0.1, -0.05) is 22.0 Å². The Kier molecular flexibility index (Phi) is 5.30. The summed E-state index contributed by atoms with van der Waals surface area (Å²) in [6.07, 6.45) is 1.56. The first-order valence-corrected chi connectivity index (χ1v) is 8.39. The fourth-order valence-corrected chi connectivity index (χ4v) is 2.62. The first-order valence-electron chi connectivity index (χ1n) is 7.59. The largest absolute Gasteiger partial charge is 0.467 e. The average Bonchev–Trinajstić information content (AvgIpc) is 3.13. The van der Waals surface area contributed by atoms with Crippen LogP contribution in [0.15, 0.2) is 75.8 Å². The highest BCUT2D eigenvalue weighted by Crippen LogP contribution is 2.16. The summed E-state index contributed by atoms with van der Waals surface area (Å²) in [5.41, 5.74) is 1.65. The van der Waals surface area contributed by atoms with E-state index >= 15 is 0 Å². The summed E-state index contributed by atoms with van der Waals surface area (Å²) in [6, 6.07) is 17.4. The van der Waals surface area contributed by atoms with E-state index in [-0.39, 0.29) is 11.8 Å². The topological polar surface area (TPSA) is 71.3 Å². The van der Waals surface area contributed by atoms with Crippen molar-refractivity contribution in [3.05, 3.63) is 88.3 Å². The van der Waals surface area contributed by atoms with E-state index in [1.807, 2.05) is 18.2 Å². The lowest BCUT2D eigenvalue weighted by Crippen LogP contribution is -2.22. The minimum Gasteiger partial charge on any atom is -0.467 e. The van der Waals surface area contributed by atoms with Crippen LogP contribution < -0.4 is 10.6 Å². The number of carbonyl (C=O) groups excluding carboxylic acids is 2. The predicted octanol–water partition coefficient (Wildman–Crippen LogP) is 4.22. The van der Waals surface area contributed by atoms with E-state index in [1.165, 1.54) is 0 Å². The molecule has 5 nitrogen and oxygen atoms in total. The molecule has 6 heteroatoms. The summed E-state index contributed by atoms with van der Waals surface area (Å²) in [5.74, 6) is 0.217. The Hall–Kier alpha value is -2.86. The Morgan fingerprint density at radius 3 is 2.28 bits per heavy atom. The molecule has 2 aromatic carbocycles. The van der Waals surface area contributed by atoms with E-state index < -0.39 is 0 Å². The molecule has 0 fully saturated rings. The first kappa shape index (κ1) is 17.0. The molecule has 0 unspecified atom stereocenters. The van der Waals surface area contributed by atoms with Crippen molar-refractivity contribution in [2.24, 2.45) is 0 Å². The lowest BCUT2D eigenvalue weighted by atomic mass is 10.1. The number of hydrogen-bond donors (Lipinski definition) is 2. The summed E-state index contributed by atoms with van der Waals surface area (Å²) in [7, 11) is 0. The second-order valence-corrected chi connectivity index (χ2v) is 6.22. The monoisotopic (exact) mass is 398 g/mol. The third kappa shape index (κ3) is 4.58. The van der Waals surface area contributed by atoms with E-state index in [0.29, 0.717) is 29.1 Å². The van der Waals surface area contributed by atoms with Crippen LogP contribution in [0, 0.1) is 0 Å². The van der Waals surface area contributed by atoms with Gasteiger partial charge in [0.05, 0.1) is 12.8 Å². The van der Waals surface area contributed by atoms with Crippen LogP contribution in [0.4, 0.5) is 5.69 Å². The number of benzene rings is 2. The van der Waals surface area contributed by atoms with Crippen LogP contribution in [0.1, 0.15) is 26.5 Å². The van der Waals surface area contributed by atoms with Crippen LogP contribution in [-0.2, 0) is 6.54 Å². The number of furan rings is 1. The van der Waals surface area contributed by atoms with Crippen LogP contribution in [0.3, 0.4) is 0 Å². The van der Waals surface area contributed by atoms with Crippen molar-refractivity contribution in [2.75, 3.05) is 5.32 Å². The van der Waals surface area contributed by atoms with Gasteiger partial charge in [-0.15, -0.1) is 0 Å². The maximum absolute atomic E-state index is 12.2. The normalized spacial score (nSPS) is 10.3. The molecule has 2 N–H and O–H groups in total. The van der Waals surface area contributed by atoms with Crippen LogP contribution in [-0.4, -0.2) is 11.8 Å². The second-order valence-electron chi connectivity index (χ2n) is 5.30. The molecular formula is C19H15BrN2O3. The zero-order chi connectivity index (χ0) is 17.6. The van der Waals surface area contributed by atoms with Gasteiger partial charge in [0, 0.05) is 21.3 Å². The smallest absolute Gasteiger partial charge is 0.255 e. The van der Waals surface area contributed by atoms with Crippen molar-refractivity contribution in [2.45, 2.75) is 6.54 Å². The van der Waals surface area contributed by atoms with Gasteiger partial charge in [-0.2, -0.15) is 0 Å². The SMILES string of the molecule is O=C(NCc1ccco1)c1ccc(C(=O)Nc2cccc(Br)c2)cc1. The zero-order valence-electron chi connectivity index (χ0n) is 13.2. The van der Waals surface area contributed by atoms with E-state index in [4.69, 9.17) is 4.42 Å². The van der Waals surface area contributed by atoms with Crippen molar-refractivity contribution in [3.8, 4) is 0 Å². The molecule has 1 aromatic heterocycles. The fourth-order valence-electron chi connectivity index (χ4n) is 2.23. The Morgan fingerprint density at radius 1 is 0.920 bits per heavy atom. The molecule has 0 bridgehead atoms. The number of amides is 2. The molecule has 0 saturated heterocycles. The Bertz CT molecular complexity index is 874. The fraction of sp³-hybridized carbons (Fsp3) is 0.0526. The summed E-state index contributed by atoms with van der Waals surface area (Å²) in [5, 5.41) is 5.57. The quantitative estimate of drug-likeness (QED) is 0.675. The minimum atomic E-state index is -0.236. The van der Waals surface area contributed by atoms with Crippen molar-refractivity contribution in [1.82, 2.24) is 5.32 Å². The van der Waals surface area contributed by atoms with Gasteiger partial charge < -0.3 is 15.1 Å². The van der Waals surface area contributed by atoms with E-state index in [1.54, 1.807) is 48.7 Å². The number of rotatable bonds is 5. The molecule has 0 radical (unpaired) electrons. The van der Waals surface area contributed by atoms with Crippen molar-refractivity contribution in [3.63, 3.8) is 0 Å². The van der Waals surface area contributed by atoms with Crippen LogP contribution in [0.5, 0.6) is 0 Å². The van der Waals surface area contributed by atoms with Gasteiger partial charge >= 0.3 is 0 Å². The molecule has 0 aliphatic heterocycles. The van der Waals surface area contributed by atoms with Gasteiger partial charge in [-0.05, 0) is 54.6 Å².